The summed E-state index contributed by atoms with van der Waals surface area (Å²) in [6.45, 7) is 6.82. The third-order valence-corrected chi connectivity index (χ3v) is 4.06. The Morgan fingerprint density at radius 1 is 1.35 bits per heavy atom. The SMILES string of the molecule is CC1CC(C)CC(N(C)C(C)CC(N)=NO)C1. The highest BCUT2D eigenvalue weighted by Crippen LogP contribution is 2.31. The summed E-state index contributed by atoms with van der Waals surface area (Å²) in [5.41, 5.74) is 5.57. The van der Waals surface area contributed by atoms with Crippen molar-refractivity contribution >= 4 is 5.84 Å². The number of nitrogens with two attached hydrogens (primary N) is 1. The standard InChI is InChI=1S/C13H27N3O/c1-9-5-10(2)7-12(6-9)16(4)11(3)8-13(14)15-17/h9-12,17H,5-8H2,1-4H3,(H2,14,15). The number of rotatable bonds is 4. The molecule has 1 aliphatic carbocycles. The number of hydrogen-bond acceptors (Lipinski definition) is 3. The van der Waals surface area contributed by atoms with Crippen LogP contribution in [0.4, 0.5) is 0 Å². The highest BCUT2D eigenvalue weighted by atomic mass is 16.4. The van der Waals surface area contributed by atoms with Gasteiger partial charge in [0.05, 0.1) is 0 Å². The van der Waals surface area contributed by atoms with E-state index in [4.69, 9.17) is 10.9 Å². The van der Waals surface area contributed by atoms with E-state index in [-0.39, 0.29) is 0 Å². The summed E-state index contributed by atoms with van der Waals surface area (Å²) < 4.78 is 0. The Bertz CT molecular complexity index is 257. The molecule has 0 aromatic carbocycles. The maximum Gasteiger partial charge on any atom is 0.140 e. The molecule has 1 aliphatic rings. The minimum absolute atomic E-state index is 0.321. The lowest BCUT2D eigenvalue weighted by Gasteiger charge is -2.40. The van der Waals surface area contributed by atoms with Gasteiger partial charge in [-0.1, -0.05) is 19.0 Å². The number of amidine groups is 1. The summed E-state index contributed by atoms with van der Waals surface area (Å²) in [6.07, 6.45) is 4.51. The zero-order chi connectivity index (χ0) is 13.0. The highest BCUT2D eigenvalue weighted by molar-refractivity contribution is 5.80. The van der Waals surface area contributed by atoms with Crippen LogP contribution in [0.5, 0.6) is 0 Å². The summed E-state index contributed by atoms with van der Waals surface area (Å²) >= 11 is 0. The number of hydrogen-bond donors (Lipinski definition) is 2. The van der Waals surface area contributed by atoms with Crippen LogP contribution in [0, 0.1) is 11.8 Å². The van der Waals surface area contributed by atoms with Gasteiger partial charge in [-0.25, -0.2) is 0 Å². The van der Waals surface area contributed by atoms with Crippen molar-refractivity contribution in [1.29, 1.82) is 0 Å². The average Bonchev–Trinajstić information content (AvgIpc) is 2.26. The molecule has 4 heteroatoms. The van der Waals surface area contributed by atoms with Crippen molar-refractivity contribution in [2.45, 2.75) is 58.5 Å². The molecule has 1 rings (SSSR count). The van der Waals surface area contributed by atoms with Crippen molar-refractivity contribution in [2.24, 2.45) is 22.7 Å². The van der Waals surface area contributed by atoms with Gasteiger partial charge in [-0.05, 0) is 45.1 Å². The van der Waals surface area contributed by atoms with E-state index in [1.165, 1.54) is 19.3 Å². The second-order valence-electron chi connectivity index (χ2n) is 5.88. The Labute approximate surface area is 105 Å². The lowest BCUT2D eigenvalue weighted by atomic mass is 9.79. The van der Waals surface area contributed by atoms with E-state index in [9.17, 15) is 0 Å². The Kier molecular flexibility index (Phi) is 5.25. The minimum atomic E-state index is 0.321. The molecule has 0 aromatic heterocycles. The molecular formula is C13H27N3O. The molecule has 3 N–H and O–H groups in total. The predicted octanol–water partition coefficient (Wildman–Crippen LogP) is 2.27. The second-order valence-corrected chi connectivity index (χ2v) is 5.88. The predicted molar refractivity (Wildman–Crippen MR) is 71.2 cm³/mol. The third-order valence-electron chi connectivity index (χ3n) is 4.06. The Morgan fingerprint density at radius 3 is 2.35 bits per heavy atom. The molecule has 0 bridgehead atoms. The van der Waals surface area contributed by atoms with E-state index in [1.54, 1.807) is 0 Å². The topological polar surface area (TPSA) is 61.8 Å². The summed E-state index contributed by atoms with van der Waals surface area (Å²) in [6, 6.07) is 0.962. The van der Waals surface area contributed by atoms with Gasteiger partial charge in [-0.2, -0.15) is 0 Å². The highest BCUT2D eigenvalue weighted by Gasteiger charge is 2.28. The molecule has 0 heterocycles. The normalized spacial score (nSPS) is 32.8. The first-order chi connectivity index (χ1) is 7.93. The zero-order valence-electron chi connectivity index (χ0n) is 11.6. The fourth-order valence-corrected chi connectivity index (χ4v) is 3.08. The van der Waals surface area contributed by atoms with E-state index < -0.39 is 0 Å². The van der Waals surface area contributed by atoms with Gasteiger partial charge < -0.3 is 15.8 Å². The van der Waals surface area contributed by atoms with Crippen molar-refractivity contribution < 1.29 is 5.21 Å². The van der Waals surface area contributed by atoms with E-state index in [0.717, 1.165) is 11.8 Å². The van der Waals surface area contributed by atoms with Crippen LogP contribution in [0.1, 0.15) is 46.5 Å². The summed E-state index contributed by atoms with van der Waals surface area (Å²) in [7, 11) is 2.16. The monoisotopic (exact) mass is 241 g/mol. The van der Waals surface area contributed by atoms with Gasteiger partial charge in [0.15, 0.2) is 0 Å². The lowest BCUT2D eigenvalue weighted by molar-refractivity contribution is 0.104. The van der Waals surface area contributed by atoms with Crippen LogP contribution in [-0.2, 0) is 0 Å². The summed E-state index contributed by atoms with van der Waals surface area (Å²) in [5.74, 6) is 1.94. The van der Waals surface area contributed by atoms with Crippen LogP contribution in [-0.4, -0.2) is 35.1 Å². The van der Waals surface area contributed by atoms with Crippen LogP contribution in [0.2, 0.25) is 0 Å². The van der Waals surface area contributed by atoms with Crippen LogP contribution >= 0.6 is 0 Å². The van der Waals surface area contributed by atoms with Gasteiger partial charge in [-0.15, -0.1) is 0 Å². The van der Waals surface area contributed by atoms with Gasteiger partial charge in [0.2, 0.25) is 0 Å². The first-order valence-electron chi connectivity index (χ1n) is 6.62. The van der Waals surface area contributed by atoms with Crippen LogP contribution < -0.4 is 5.73 Å². The summed E-state index contributed by atoms with van der Waals surface area (Å²) in [5, 5.41) is 11.7. The zero-order valence-corrected chi connectivity index (χ0v) is 11.6. The van der Waals surface area contributed by atoms with Crippen molar-refractivity contribution in [1.82, 2.24) is 4.90 Å². The fraction of sp³-hybridized carbons (Fsp3) is 0.923. The first-order valence-corrected chi connectivity index (χ1v) is 6.62. The van der Waals surface area contributed by atoms with Crippen LogP contribution in [0.15, 0.2) is 5.16 Å². The maximum atomic E-state index is 8.60. The Morgan fingerprint density at radius 2 is 1.88 bits per heavy atom. The molecule has 17 heavy (non-hydrogen) atoms. The molecule has 4 nitrogen and oxygen atoms in total. The Hall–Kier alpha value is -0.770. The van der Waals surface area contributed by atoms with E-state index in [0.29, 0.717) is 24.3 Å². The minimum Gasteiger partial charge on any atom is -0.409 e. The molecule has 0 spiro atoms. The van der Waals surface area contributed by atoms with Crippen molar-refractivity contribution in [2.75, 3.05) is 7.05 Å². The molecule has 1 fully saturated rings. The second kappa shape index (κ2) is 6.24. The van der Waals surface area contributed by atoms with E-state index in [1.807, 2.05) is 0 Å². The van der Waals surface area contributed by atoms with E-state index >= 15 is 0 Å². The lowest BCUT2D eigenvalue weighted by Crippen LogP contribution is -2.44. The van der Waals surface area contributed by atoms with Gasteiger partial charge in [-0.3, -0.25) is 0 Å². The third kappa shape index (κ3) is 4.19. The molecule has 0 aromatic rings. The summed E-state index contributed by atoms with van der Waals surface area (Å²) in [4.78, 5) is 2.39. The van der Waals surface area contributed by atoms with E-state index in [2.05, 4.69) is 37.9 Å². The largest absolute Gasteiger partial charge is 0.409 e. The molecule has 0 aliphatic heterocycles. The van der Waals surface area contributed by atoms with Crippen LogP contribution in [0.25, 0.3) is 0 Å². The first kappa shape index (κ1) is 14.3. The number of nitrogens with zero attached hydrogens (tertiary/aromatic N) is 2. The Balaban J connectivity index is 2.53. The average molecular weight is 241 g/mol. The molecule has 0 radical (unpaired) electrons. The van der Waals surface area contributed by atoms with Crippen LogP contribution in [0.3, 0.4) is 0 Å². The van der Waals surface area contributed by atoms with Crippen molar-refractivity contribution in [3.05, 3.63) is 0 Å². The molecular weight excluding hydrogens is 214 g/mol. The molecule has 3 unspecified atom stereocenters. The quantitative estimate of drug-likeness (QED) is 0.343. The van der Waals surface area contributed by atoms with Crippen molar-refractivity contribution in [3.8, 4) is 0 Å². The van der Waals surface area contributed by atoms with Gasteiger partial charge in [0.25, 0.3) is 0 Å². The van der Waals surface area contributed by atoms with Gasteiger partial charge in [0, 0.05) is 18.5 Å². The molecule has 3 atom stereocenters. The number of oxime groups is 1. The van der Waals surface area contributed by atoms with Gasteiger partial charge in [0.1, 0.15) is 5.84 Å². The van der Waals surface area contributed by atoms with Gasteiger partial charge >= 0.3 is 0 Å². The van der Waals surface area contributed by atoms with Crippen molar-refractivity contribution in [3.63, 3.8) is 0 Å². The smallest absolute Gasteiger partial charge is 0.140 e. The molecule has 1 saturated carbocycles. The molecule has 0 amide bonds. The molecule has 0 saturated heterocycles. The fourth-order valence-electron chi connectivity index (χ4n) is 3.08. The maximum absolute atomic E-state index is 8.60. The molecule has 100 valence electrons.